The second kappa shape index (κ2) is 11.9. The summed E-state index contributed by atoms with van der Waals surface area (Å²) in [6, 6.07) is 27.1. The van der Waals surface area contributed by atoms with Gasteiger partial charge in [0.2, 0.25) is 0 Å². The van der Waals surface area contributed by atoms with Crippen molar-refractivity contribution >= 4 is 43.3 Å². The number of phenols is 2. The predicted molar refractivity (Wildman–Crippen MR) is 160 cm³/mol. The fourth-order valence-electron chi connectivity index (χ4n) is 4.14. The van der Waals surface area contributed by atoms with Crippen LogP contribution in [0.25, 0.3) is 0 Å². The molecule has 0 bridgehead atoms. The van der Waals surface area contributed by atoms with Gasteiger partial charge in [-0.1, -0.05) is 60.7 Å². The number of hydrogen-bond donors (Lipinski definition) is 2. The minimum absolute atomic E-state index is 0.156. The molecule has 0 aliphatic rings. The van der Waals surface area contributed by atoms with Crippen molar-refractivity contribution in [3.05, 3.63) is 127 Å². The molecule has 1 atom stereocenters. The highest BCUT2D eigenvalue weighted by Gasteiger charge is 2.18. The molecular formula is C31H28Br2N2O2. The van der Waals surface area contributed by atoms with Crippen LogP contribution in [0.4, 0.5) is 0 Å². The van der Waals surface area contributed by atoms with Crippen LogP contribution in [0.3, 0.4) is 0 Å². The quantitative estimate of drug-likeness (QED) is 0.206. The number of aryl methyl sites for hydroxylation is 2. The van der Waals surface area contributed by atoms with Gasteiger partial charge in [-0.15, -0.1) is 0 Å². The summed E-state index contributed by atoms with van der Waals surface area (Å²) in [7, 11) is 0. The van der Waals surface area contributed by atoms with Gasteiger partial charge in [-0.2, -0.15) is 0 Å². The van der Waals surface area contributed by atoms with Gasteiger partial charge in [0, 0.05) is 22.3 Å². The van der Waals surface area contributed by atoms with Crippen LogP contribution in [0.15, 0.2) is 104 Å². The summed E-state index contributed by atoms with van der Waals surface area (Å²) in [5.41, 5.74) is 6.58. The predicted octanol–water partition coefficient (Wildman–Crippen LogP) is 8.00. The van der Waals surface area contributed by atoms with Crippen molar-refractivity contribution in [1.29, 1.82) is 0 Å². The first-order chi connectivity index (χ1) is 17.7. The number of nitrogens with zero attached hydrogens (tertiary/aromatic N) is 2. The number of benzene rings is 4. The Morgan fingerprint density at radius 2 is 1.14 bits per heavy atom. The van der Waals surface area contributed by atoms with E-state index in [-0.39, 0.29) is 17.5 Å². The Balaban J connectivity index is 1.79. The fraction of sp³-hybridized carbons (Fsp3) is 0.161. The lowest BCUT2D eigenvalue weighted by atomic mass is 9.99. The topological polar surface area (TPSA) is 65.2 Å². The average Bonchev–Trinajstić information content (AvgIpc) is 2.89. The Bertz CT molecular complexity index is 1470. The molecule has 0 radical (unpaired) electrons. The van der Waals surface area contributed by atoms with Crippen LogP contribution in [-0.2, 0) is 0 Å². The first kappa shape index (κ1) is 26.8. The van der Waals surface area contributed by atoms with Gasteiger partial charge in [-0.3, -0.25) is 9.98 Å². The summed E-state index contributed by atoms with van der Waals surface area (Å²) >= 11 is 6.94. The molecule has 0 saturated carbocycles. The summed E-state index contributed by atoms with van der Waals surface area (Å²) < 4.78 is 1.26. The van der Waals surface area contributed by atoms with Gasteiger partial charge in [0.15, 0.2) is 0 Å². The summed E-state index contributed by atoms with van der Waals surface area (Å²) in [6.45, 7) is 6.37. The molecule has 0 fully saturated rings. The second-order valence-electron chi connectivity index (χ2n) is 9.03. The molecule has 2 N–H and O–H groups in total. The molecular weight excluding hydrogens is 592 g/mol. The highest BCUT2D eigenvalue weighted by atomic mass is 79.9. The van der Waals surface area contributed by atoms with E-state index < -0.39 is 0 Å². The van der Waals surface area contributed by atoms with E-state index in [1.165, 1.54) is 0 Å². The van der Waals surface area contributed by atoms with Crippen molar-refractivity contribution in [3.63, 3.8) is 0 Å². The normalized spacial score (nSPS) is 13.0. The van der Waals surface area contributed by atoms with E-state index in [9.17, 15) is 10.2 Å². The highest BCUT2D eigenvalue weighted by Crippen LogP contribution is 2.33. The van der Waals surface area contributed by atoms with E-state index in [4.69, 9.17) is 9.98 Å². The number of phenolic OH excluding ortho intramolecular Hbond substituents is 2. The second-order valence-corrected chi connectivity index (χ2v) is 10.7. The average molecular weight is 620 g/mol. The van der Waals surface area contributed by atoms with Crippen molar-refractivity contribution in [2.45, 2.75) is 26.8 Å². The molecule has 6 heteroatoms. The molecule has 0 aliphatic heterocycles. The van der Waals surface area contributed by atoms with E-state index in [0.29, 0.717) is 38.0 Å². The van der Waals surface area contributed by atoms with E-state index in [2.05, 4.69) is 31.9 Å². The van der Waals surface area contributed by atoms with E-state index >= 15 is 0 Å². The maximum Gasteiger partial charge on any atom is 0.139 e. The lowest BCUT2D eigenvalue weighted by Crippen LogP contribution is -2.14. The van der Waals surface area contributed by atoms with Crippen molar-refractivity contribution in [1.82, 2.24) is 0 Å². The maximum absolute atomic E-state index is 10.9. The zero-order chi connectivity index (χ0) is 26.5. The van der Waals surface area contributed by atoms with E-state index in [1.807, 2.05) is 106 Å². The standard InChI is InChI=1S/C31H28Br2N2O2/c1-19-14-24(30(36)26(32)16-19)28(22-10-6-4-7-11-22)34-18-21(3)35-29(23-12-8-5-9-13-23)25-15-20(2)17-27(33)31(25)37/h4-17,21,36-37H,18H2,1-3H3/t21-/m1/s1. The summed E-state index contributed by atoms with van der Waals surface area (Å²) in [6.07, 6.45) is 0. The van der Waals surface area contributed by atoms with Gasteiger partial charge < -0.3 is 10.2 Å². The highest BCUT2D eigenvalue weighted by molar-refractivity contribution is 9.10. The van der Waals surface area contributed by atoms with Crippen LogP contribution < -0.4 is 0 Å². The van der Waals surface area contributed by atoms with Gasteiger partial charge in [0.1, 0.15) is 11.5 Å². The molecule has 0 heterocycles. The minimum atomic E-state index is -0.206. The molecule has 0 aliphatic carbocycles. The monoisotopic (exact) mass is 618 g/mol. The van der Waals surface area contributed by atoms with Crippen molar-refractivity contribution in [3.8, 4) is 11.5 Å². The molecule has 37 heavy (non-hydrogen) atoms. The summed E-state index contributed by atoms with van der Waals surface area (Å²) in [5, 5.41) is 21.7. The van der Waals surface area contributed by atoms with E-state index in [1.54, 1.807) is 0 Å². The Kier molecular flexibility index (Phi) is 8.62. The van der Waals surface area contributed by atoms with Gasteiger partial charge in [-0.25, -0.2) is 0 Å². The number of rotatable bonds is 7. The SMILES string of the molecule is Cc1cc(Br)c(O)c(C(=NC[C@@H](C)N=C(c2ccccc2)c2cc(C)cc(Br)c2O)c2ccccc2)c1. The van der Waals surface area contributed by atoms with Crippen LogP contribution in [0.1, 0.15) is 40.3 Å². The summed E-state index contributed by atoms with van der Waals surface area (Å²) in [5.74, 6) is 0.312. The first-order valence-corrected chi connectivity index (χ1v) is 13.5. The molecule has 0 amide bonds. The lowest BCUT2D eigenvalue weighted by molar-refractivity contribution is 0.470. The smallest absolute Gasteiger partial charge is 0.139 e. The Hall–Kier alpha value is -3.22. The molecule has 188 valence electrons. The fourth-order valence-corrected chi connectivity index (χ4v) is 5.29. The zero-order valence-electron chi connectivity index (χ0n) is 20.9. The molecule has 4 aromatic carbocycles. The summed E-state index contributed by atoms with van der Waals surface area (Å²) in [4.78, 5) is 10.00. The van der Waals surface area contributed by atoms with Gasteiger partial charge in [0.25, 0.3) is 0 Å². The third-order valence-electron chi connectivity index (χ3n) is 5.88. The Morgan fingerprint density at radius 3 is 1.62 bits per heavy atom. The number of aliphatic imine (C=N–C) groups is 2. The molecule has 0 spiro atoms. The first-order valence-electron chi connectivity index (χ1n) is 12.0. The largest absolute Gasteiger partial charge is 0.506 e. The van der Waals surface area contributed by atoms with Crippen LogP contribution in [-0.4, -0.2) is 34.2 Å². The number of hydrogen-bond acceptors (Lipinski definition) is 4. The van der Waals surface area contributed by atoms with E-state index in [0.717, 1.165) is 22.3 Å². The maximum atomic E-state index is 10.9. The van der Waals surface area contributed by atoms with Crippen LogP contribution in [0.5, 0.6) is 11.5 Å². The Morgan fingerprint density at radius 1 is 0.703 bits per heavy atom. The Labute approximate surface area is 234 Å². The van der Waals surface area contributed by atoms with Crippen LogP contribution >= 0.6 is 31.9 Å². The lowest BCUT2D eigenvalue weighted by Gasteiger charge is -2.15. The van der Waals surface area contributed by atoms with Crippen LogP contribution in [0, 0.1) is 13.8 Å². The molecule has 0 saturated heterocycles. The van der Waals surface area contributed by atoms with Gasteiger partial charge in [0.05, 0.1) is 33.0 Å². The van der Waals surface area contributed by atoms with Crippen molar-refractivity contribution < 1.29 is 10.2 Å². The van der Waals surface area contributed by atoms with Crippen molar-refractivity contribution in [2.75, 3.05) is 6.54 Å². The van der Waals surface area contributed by atoms with Gasteiger partial charge >= 0.3 is 0 Å². The minimum Gasteiger partial charge on any atom is -0.506 e. The zero-order valence-corrected chi connectivity index (χ0v) is 24.1. The van der Waals surface area contributed by atoms with Crippen LogP contribution in [0.2, 0.25) is 0 Å². The van der Waals surface area contributed by atoms with Crippen molar-refractivity contribution in [2.24, 2.45) is 9.98 Å². The third kappa shape index (κ3) is 6.38. The number of halogens is 2. The molecule has 0 unspecified atom stereocenters. The molecule has 0 aromatic heterocycles. The molecule has 4 nitrogen and oxygen atoms in total. The molecule has 4 rings (SSSR count). The molecule has 4 aromatic rings. The third-order valence-corrected chi connectivity index (χ3v) is 7.09. The number of aromatic hydroxyl groups is 2. The van der Waals surface area contributed by atoms with Gasteiger partial charge in [-0.05, 0) is 88.0 Å².